The van der Waals surface area contributed by atoms with Crippen LogP contribution in [0.5, 0.6) is 0 Å². The maximum atomic E-state index is 9.75. The minimum atomic E-state index is -6.00. The van der Waals surface area contributed by atoms with Crippen LogP contribution in [-0.4, -0.2) is 11.7 Å². The van der Waals surface area contributed by atoms with E-state index in [9.17, 15) is 17.3 Å². The predicted molar refractivity (Wildman–Crippen MR) is 129 cm³/mol. The van der Waals surface area contributed by atoms with Gasteiger partial charge < -0.3 is 17.3 Å². The number of imidazole rings is 1. The summed E-state index contributed by atoms with van der Waals surface area (Å²) in [5.41, 5.74) is 7.30. The highest BCUT2D eigenvalue weighted by Gasteiger charge is 2.25. The SMILES string of the molecule is F[B-](F)(F)F.c1ccc(-c2c(-c3ccccc3)n3c(c[n+]4ccccc34)c3ccccc23)cc1. The average molecular weight is 458 g/mol. The van der Waals surface area contributed by atoms with E-state index in [4.69, 9.17) is 0 Å². The fraction of sp³-hybridized carbons (Fsp3) is 0. The molecule has 0 N–H and O–H groups in total. The summed E-state index contributed by atoms with van der Waals surface area (Å²) in [7, 11) is -6.00. The molecular weight excluding hydrogens is 439 g/mol. The first kappa shape index (κ1) is 21.7. The number of hydrogen-bond donors (Lipinski definition) is 0. The molecular formula is C27H19BF4N2. The highest BCUT2D eigenvalue weighted by molar-refractivity contribution is 6.50. The minimum Gasteiger partial charge on any atom is -0.418 e. The molecule has 0 radical (unpaired) electrons. The van der Waals surface area contributed by atoms with Gasteiger partial charge in [-0.2, -0.15) is 4.40 Å². The summed E-state index contributed by atoms with van der Waals surface area (Å²) in [5, 5.41) is 2.53. The summed E-state index contributed by atoms with van der Waals surface area (Å²) in [6.45, 7) is 0. The molecule has 34 heavy (non-hydrogen) atoms. The summed E-state index contributed by atoms with van der Waals surface area (Å²) < 4.78 is 43.6. The number of hydrogen-bond acceptors (Lipinski definition) is 0. The van der Waals surface area contributed by atoms with Crippen molar-refractivity contribution in [1.29, 1.82) is 0 Å². The molecule has 6 aromatic rings. The molecule has 3 aromatic carbocycles. The minimum absolute atomic E-state index is 1.16. The van der Waals surface area contributed by atoms with Gasteiger partial charge in [0.05, 0.1) is 6.20 Å². The van der Waals surface area contributed by atoms with Crippen LogP contribution < -0.4 is 4.40 Å². The lowest BCUT2D eigenvalue weighted by Gasteiger charge is -2.13. The van der Waals surface area contributed by atoms with Crippen LogP contribution >= 0.6 is 0 Å². The highest BCUT2D eigenvalue weighted by atomic mass is 19.5. The molecule has 168 valence electrons. The van der Waals surface area contributed by atoms with Gasteiger partial charge in [0.2, 0.25) is 0 Å². The normalized spacial score (nSPS) is 11.5. The molecule has 0 fully saturated rings. The van der Waals surface area contributed by atoms with Gasteiger partial charge in [0, 0.05) is 22.6 Å². The van der Waals surface area contributed by atoms with Gasteiger partial charge in [-0.05, 0) is 23.1 Å². The summed E-state index contributed by atoms with van der Waals surface area (Å²) in [6, 6.07) is 36.5. The summed E-state index contributed by atoms with van der Waals surface area (Å²) in [5.74, 6) is 0. The molecule has 2 nitrogen and oxygen atoms in total. The van der Waals surface area contributed by atoms with Crippen LogP contribution in [0.4, 0.5) is 17.3 Å². The van der Waals surface area contributed by atoms with Crippen LogP contribution in [0.15, 0.2) is 116 Å². The van der Waals surface area contributed by atoms with Crippen LogP contribution in [0.1, 0.15) is 0 Å². The van der Waals surface area contributed by atoms with Crippen molar-refractivity contribution >= 4 is 29.2 Å². The van der Waals surface area contributed by atoms with Gasteiger partial charge >= 0.3 is 7.25 Å². The first-order valence-corrected chi connectivity index (χ1v) is 10.8. The second-order valence-electron chi connectivity index (χ2n) is 7.81. The summed E-state index contributed by atoms with van der Waals surface area (Å²) >= 11 is 0. The Morgan fingerprint density at radius 3 is 1.76 bits per heavy atom. The molecule has 0 atom stereocenters. The molecule has 3 heterocycles. The van der Waals surface area contributed by atoms with Gasteiger partial charge in [-0.25, -0.2) is 4.40 Å². The average Bonchev–Trinajstić information content (AvgIpc) is 3.23. The summed E-state index contributed by atoms with van der Waals surface area (Å²) in [4.78, 5) is 0. The number of rotatable bonds is 2. The second-order valence-corrected chi connectivity index (χ2v) is 7.81. The topological polar surface area (TPSA) is 8.51 Å². The van der Waals surface area contributed by atoms with E-state index in [0.717, 1.165) is 5.65 Å². The molecule has 0 aliphatic heterocycles. The second kappa shape index (κ2) is 8.67. The van der Waals surface area contributed by atoms with E-state index < -0.39 is 7.25 Å². The van der Waals surface area contributed by atoms with Crippen molar-refractivity contribution in [3.05, 3.63) is 116 Å². The van der Waals surface area contributed by atoms with Crippen molar-refractivity contribution in [2.45, 2.75) is 0 Å². The molecule has 0 amide bonds. The number of pyridine rings is 2. The lowest BCUT2D eigenvalue weighted by atomic mass is 9.93. The third-order valence-electron chi connectivity index (χ3n) is 5.64. The maximum Gasteiger partial charge on any atom is 0.673 e. The van der Waals surface area contributed by atoms with Crippen LogP contribution in [0.3, 0.4) is 0 Å². The van der Waals surface area contributed by atoms with E-state index in [1.54, 1.807) is 0 Å². The molecule has 7 heteroatoms. The third kappa shape index (κ3) is 4.12. The van der Waals surface area contributed by atoms with Crippen LogP contribution in [0.25, 0.3) is 44.3 Å². The van der Waals surface area contributed by atoms with Crippen LogP contribution in [-0.2, 0) is 0 Å². The van der Waals surface area contributed by atoms with Crippen molar-refractivity contribution in [3.63, 3.8) is 0 Å². The molecule has 0 unspecified atom stereocenters. The van der Waals surface area contributed by atoms with Gasteiger partial charge in [-0.3, -0.25) is 0 Å². The van der Waals surface area contributed by atoms with Crippen molar-refractivity contribution in [2.75, 3.05) is 0 Å². The Bertz CT molecular complexity index is 1590. The van der Waals surface area contributed by atoms with Crippen LogP contribution in [0.2, 0.25) is 0 Å². The van der Waals surface area contributed by atoms with Crippen molar-refractivity contribution in [2.24, 2.45) is 0 Å². The van der Waals surface area contributed by atoms with E-state index in [1.165, 1.54) is 38.7 Å². The monoisotopic (exact) mass is 458 g/mol. The van der Waals surface area contributed by atoms with Gasteiger partial charge in [0.25, 0.3) is 5.65 Å². The largest absolute Gasteiger partial charge is 0.673 e. The Morgan fingerprint density at radius 1 is 0.588 bits per heavy atom. The Balaban J connectivity index is 0.000000439. The Labute approximate surface area is 193 Å². The molecule has 0 bridgehead atoms. The predicted octanol–water partition coefficient (Wildman–Crippen LogP) is 7.47. The number of nitrogens with zero attached hydrogens (tertiary/aromatic N) is 2. The molecule has 0 spiro atoms. The summed E-state index contributed by atoms with van der Waals surface area (Å²) in [6.07, 6.45) is 4.35. The van der Waals surface area contributed by atoms with E-state index in [2.05, 4.69) is 124 Å². The number of fused-ring (bicyclic) bond motifs is 5. The molecule has 0 saturated heterocycles. The first-order valence-electron chi connectivity index (χ1n) is 10.8. The number of aromatic nitrogens is 2. The lowest BCUT2D eigenvalue weighted by molar-refractivity contribution is -0.509. The van der Waals surface area contributed by atoms with E-state index in [1.807, 2.05) is 0 Å². The van der Waals surface area contributed by atoms with Gasteiger partial charge in [-0.15, -0.1) is 0 Å². The lowest BCUT2D eigenvalue weighted by Crippen LogP contribution is -2.17. The smallest absolute Gasteiger partial charge is 0.418 e. The molecule has 0 aliphatic carbocycles. The van der Waals surface area contributed by atoms with E-state index in [0.29, 0.717) is 0 Å². The van der Waals surface area contributed by atoms with Crippen molar-refractivity contribution in [1.82, 2.24) is 4.40 Å². The quantitative estimate of drug-likeness (QED) is 0.145. The third-order valence-corrected chi connectivity index (χ3v) is 5.64. The van der Waals surface area contributed by atoms with Crippen molar-refractivity contribution < 1.29 is 21.7 Å². The van der Waals surface area contributed by atoms with E-state index in [-0.39, 0.29) is 0 Å². The Kier molecular flexibility index (Phi) is 5.53. The fourth-order valence-corrected chi connectivity index (χ4v) is 4.41. The first-order chi connectivity index (χ1) is 16.4. The fourth-order valence-electron chi connectivity index (χ4n) is 4.41. The maximum absolute atomic E-state index is 9.75. The molecule has 3 aromatic heterocycles. The van der Waals surface area contributed by atoms with Crippen LogP contribution in [0, 0.1) is 0 Å². The Hall–Kier alpha value is -4.13. The van der Waals surface area contributed by atoms with E-state index >= 15 is 0 Å². The van der Waals surface area contributed by atoms with Crippen molar-refractivity contribution in [3.8, 4) is 22.4 Å². The molecule has 6 rings (SSSR count). The van der Waals surface area contributed by atoms with Gasteiger partial charge in [0.15, 0.2) is 5.52 Å². The highest BCUT2D eigenvalue weighted by Crippen LogP contribution is 2.40. The standard InChI is InChI=1S/C27H19N2.BF4/c1-3-11-20(12-4-1)26-23-16-8-7-15-22(23)24-19-28-18-10-9-17-25(28)29(24)27(26)21-13-5-2-6-14-21;2-1(3,4)5/h1-19H;/q+1;-1. The molecule has 0 aliphatic rings. The molecule has 0 saturated carbocycles. The zero-order valence-electron chi connectivity index (χ0n) is 18.0. The Morgan fingerprint density at radius 2 is 1.12 bits per heavy atom. The number of halogens is 4. The zero-order chi connectivity index (χ0) is 23.7. The zero-order valence-corrected chi connectivity index (χ0v) is 18.0. The van der Waals surface area contributed by atoms with Gasteiger partial charge in [-0.1, -0.05) is 84.9 Å². The number of benzene rings is 3. The van der Waals surface area contributed by atoms with Gasteiger partial charge in [0.1, 0.15) is 11.9 Å².